The van der Waals surface area contributed by atoms with Gasteiger partial charge in [-0.05, 0) is 35.0 Å². The minimum Gasteiger partial charge on any atom is -0.325 e. The van der Waals surface area contributed by atoms with E-state index < -0.39 is 0 Å². The second kappa shape index (κ2) is 6.59. The Labute approximate surface area is 161 Å². The lowest BCUT2D eigenvalue weighted by Gasteiger charge is -2.08. The molecular weight excluding hydrogens is 354 g/mol. The first-order chi connectivity index (χ1) is 13.3. The largest absolute Gasteiger partial charge is 0.325 e. The lowest BCUT2D eigenvalue weighted by molar-refractivity contribution is 0.102. The summed E-state index contributed by atoms with van der Waals surface area (Å²) in [4.78, 5) is 17.4. The number of carbonyl (C=O) groups is 1. The number of hydrogen-bond donors (Lipinski definition) is 1. The number of rotatable bonds is 3. The fourth-order valence-electron chi connectivity index (χ4n) is 3.34. The van der Waals surface area contributed by atoms with Crippen LogP contribution in [0.15, 0.2) is 78.1 Å². The first-order valence-electron chi connectivity index (χ1n) is 8.87. The van der Waals surface area contributed by atoms with E-state index in [-0.39, 0.29) is 5.91 Å². The zero-order valence-corrected chi connectivity index (χ0v) is 15.4. The number of nitrogens with one attached hydrogen (secondary N) is 1. The van der Waals surface area contributed by atoms with Crippen LogP contribution in [0.5, 0.6) is 0 Å². The van der Waals surface area contributed by atoms with Crippen LogP contribution in [0.25, 0.3) is 22.0 Å². The molecule has 5 rings (SSSR count). The summed E-state index contributed by atoms with van der Waals surface area (Å²) in [6.07, 6.45) is 2.08. The van der Waals surface area contributed by atoms with Crippen molar-refractivity contribution < 1.29 is 4.79 Å². The average molecular weight is 371 g/mol. The van der Waals surface area contributed by atoms with Crippen molar-refractivity contribution in [2.75, 3.05) is 11.1 Å². The molecule has 0 saturated heterocycles. The molecule has 132 valence electrons. The first kappa shape index (κ1) is 16.1. The highest BCUT2D eigenvalue weighted by atomic mass is 32.2. The molecule has 1 amide bonds. The predicted molar refractivity (Wildman–Crippen MR) is 110 cm³/mol. The van der Waals surface area contributed by atoms with Crippen molar-refractivity contribution in [3.05, 3.63) is 78.5 Å². The molecular formula is C22H17N3OS. The van der Waals surface area contributed by atoms with Gasteiger partial charge in [0.25, 0.3) is 5.91 Å². The number of carbonyl (C=O) groups excluding carboxylic acids is 1. The van der Waals surface area contributed by atoms with Gasteiger partial charge in [-0.3, -0.25) is 4.79 Å². The monoisotopic (exact) mass is 371 g/mol. The molecule has 0 unspecified atom stereocenters. The van der Waals surface area contributed by atoms with Crippen LogP contribution in [0.4, 0.5) is 5.69 Å². The van der Waals surface area contributed by atoms with Crippen LogP contribution in [-0.4, -0.2) is 21.2 Å². The molecule has 0 fully saturated rings. The molecule has 5 heteroatoms. The molecule has 0 bridgehead atoms. The molecule has 1 aliphatic heterocycles. The number of thioether (sulfide) groups is 1. The number of amides is 1. The third-order valence-electron chi connectivity index (χ3n) is 4.73. The fraction of sp³-hybridized carbons (Fsp3) is 0.0909. The average Bonchev–Trinajstić information content (AvgIpc) is 3.30. The van der Waals surface area contributed by atoms with Gasteiger partial charge in [0.2, 0.25) is 0 Å². The molecule has 1 N–H and O–H groups in total. The van der Waals surface area contributed by atoms with E-state index in [1.165, 1.54) is 0 Å². The van der Waals surface area contributed by atoms with Crippen molar-refractivity contribution in [1.82, 2.24) is 9.55 Å². The minimum absolute atomic E-state index is 0.110. The lowest BCUT2D eigenvalue weighted by Crippen LogP contribution is -2.11. The summed E-state index contributed by atoms with van der Waals surface area (Å²) < 4.78 is 2.18. The highest BCUT2D eigenvalue weighted by Crippen LogP contribution is 2.30. The van der Waals surface area contributed by atoms with Crippen molar-refractivity contribution in [2.24, 2.45) is 0 Å². The van der Waals surface area contributed by atoms with Gasteiger partial charge in [0.1, 0.15) is 0 Å². The van der Waals surface area contributed by atoms with Crippen LogP contribution in [0.1, 0.15) is 10.4 Å². The van der Waals surface area contributed by atoms with Crippen molar-refractivity contribution >= 4 is 34.1 Å². The van der Waals surface area contributed by atoms with Gasteiger partial charge in [0.05, 0.1) is 5.69 Å². The van der Waals surface area contributed by atoms with Crippen molar-refractivity contribution in [1.29, 1.82) is 0 Å². The van der Waals surface area contributed by atoms with E-state index in [9.17, 15) is 4.79 Å². The van der Waals surface area contributed by atoms with E-state index in [4.69, 9.17) is 0 Å². The topological polar surface area (TPSA) is 46.9 Å². The molecule has 0 spiro atoms. The Morgan fingerprint density at radius 1 is 1.00 bits per heavy atom. The van der Waals surface area contributed by atoms with E-state index >= 15 is 0 Å². The summed E-state index contributed by atoms with van der Waals surface area (Å²) in [5.41, 5.74) is 3.37. The molecule has 0 aliphatic carbocycles. The van der Waals surface area contributed by atoms with Crippen LogP contribution in [0.2, 0.25) is 0 Å². The Hall–Kier alpha value is -3.05. The SMILES string of the molecule is O=C(Nc1cccc(-c2cn3c(n2)SCC3)c1)c1ccc2ccccc2c1. The molecule has 2 heterocycles. The number of anilines is 1. The van der Waals surface area contributed by atoms with Crippen LogP contribution < -0.4 is 5.32 Å². The van der Waals surface area contributed by atoms with Crippen molar-refractivity contribution in [3.63, 3.8) is 0 Å². The van der Waals surface area contributed by atoms with E-state index in [0.29, 0.717) is 5.56 Å². The van der Waals surface area contributed by atoms with E-state index in [0.717, 1.165) is 45.2 Å². The fourth-order valence-corrected chi connectivity index (χ4v) is 4.28. The quantitative estimate of drug-likeness (QED) is 0.547. The third-order valence-corrected chi connectivity index (χ3v) is 5.70. The maximum absolute atomic E-state index is 12.7. The second-order valence-electron chi connectivity index (χ2n) is 6.55. The maximum Gasteiger partial charge on any atom is 0.255 e. The number of aromatic nitrogens is 2. The van der Waals surface area contributed by atoms with Crippen molar-refractivity contribution in [2.45, 2.75) is 11.7 Å². The van der Waals surface area contributed by atoms with E-state index in [1.807, 2.05) is 66.7 Å². The molecule has 4 nitrogen and oxygen atoms in total. The van der Waals surface area contributed by atoms with Gasteiger partial charge in [-0.1, -0.05) is 54.2 Å². The summed E-state index contributed by atoms with van der Waals surface area (Å²) in [5.74, 6) is 0.977. The highest BCUT2D eigenvalue weighted by Gasteiger charge is 2.15. The van der Waals surface area contributed by atoms with Crippen LogP contribution in [0, 0.1) is 0 Å². The Balaban J connectivity index is 1.40. The second-order valence-corrected chi connectivity index (χ2v) is 7.61. The number of hydrogen-bond acceptors (Lipinski definition) is 3. The molecule has 1 aliphatic rings. The molecule has 0 atom stereocenters. The van der Waals surface area contributed by atoms with Crippen LogP contribution >= 0.6 is 11.8 Å². The van der Waals surface area contributed by atoms with Gasteiger partial charge in [-0.25, -0.2) is 4.98 Å². The smallest absolute Gasteiger partial charge is 0.255 e. The number of fused-ring (bicyclic) bond motifs is 2. The maximum atomic E-state index is 12.7. The zero-order chi connectivity index (χ0) is 18.2. The summed E-state index contributed by atoms with van der Waals surface area (Å²) in [5, 5.41) is 6.25. The van der Waals surface area contributed by atoms with Crippen LogP contribution in [-0.2, 0) is 6.54 Å². The zero-order valence-electron chi connectivity index (χ0n) is 14.6. The Morgan fingerprint density at radius 2 is 1.89 bits per heavy atom. The number of benzene rings is 3. The number of imidazole rings is 1. The van der Waals surface area contributed by atoms with E-state index in [2.05, 4.69) is 21.1 Å². The Bertz CT molecular complexity index is 1140. The minimum atomic E-state index is -0.110. The molecule has 3 aromatic carbocycles. The van der Waals surface area contributed by atoms with Crippen LogP contribution in [0.3, 0.4) is 0 Å². The molecule has 4 aromatic rings. The standard InChI is InChI=1S/C22H17N3OS/c26-21(18-9-8-15-4-1-2-5-16(15)12-18)23-19-7-3-6-17(13-19)20-14-25-10-11-27-22(25)24-20/h1-9,12-14H,10-11H2,(H,23,26). The van der Waals surface area contributed by atoms with Gasteiger partial charge in [-0.2, -0.15) is 0 Å². The van der Waals surface area contributed by atoms with Gasteiger partial charge in [-0.15, -0.1) is 0 Å². The molecule has 27 heavy (non-hydrogen) atoms. The van der Waals surface area contributed by atoms with Gasteiger partial charge >= 0.3 is 0 Å². The Kier molecular flexibility index (Phi) is 3.94. The summed E-state index contributed by atoms with van der Waals surface area (Å²) in [6, 6.07) is 21.6. The number of nitrogens with zero attached hydrogens (tertiary/aromatic N) is 2. The first-order valence-corrected chi connectivity index (χ1v) is 9.85. The summed E-state index contributed by atoms with van der Waals surface area (Å²) >= 11 is 1.78. The molecule has 0 radical (unpaired) electrons. The normalized spacial score (nSPS) is 12.9. The van der Waals surface area contributed by atoms with E-state index in [1.54, 1.807) is 11.8 Å². The predicted octanol–water partition coefficient (Wildman–Crippen LogP) is 5.06. The molecule has 1 aromatic heterocycles. The summed E-state index contributed by atoms with van der Waals surface area (Å²) in [6.45, 7) is 1.01. The Morgan fingerprint density at radius 3 is 2.78 bits per heavy atom. The molecule has 0 saturated carbocycles. The third kappa shape index (κ3) is 3.11. The van der Waals surface area contributed by atoms with Gasteiger partial charge in [0, 0.05) is 35.3 Å². The highest BCUT2D eigenvalue weighted by molar-refractivity contribution is 7.99. The summed E-state index contributed by atoms with van der Waals surface area (Å²) in [7, 11) is 0. The van der Waals surface area contributed by atoms with Crippen molar-refractivity contribution in [3.8, 4) is 11.3 Å². The van der Waals surface area contributed by atoms with Gasteiger partial charge < -0.3 is 9.88 Å². The number of aryl methyl sites for hydroxylation is 1. The van der Waals surface area contributed by atoms with Gasteiger partial charge in [0.15, 0.2) is 5.16 Å². The lowest BCUT2D eigenvalue weighted by atomic mass is 10.1.